The summed E-state index contributed by atoms with van der Waals surface area (Å²) in [5.74, 6) is 5.38. The lowest BCUT2D eigenvalue weighted by atomic mass is 9.93. The SMILES string of the molecule is CS(=O)(=O)N1CCCC(CC(COCC(F)(F)F)NN)C1. The number of ether oxygens (including phenoxy) is 1. The molecule has 1 fully saturated rings. The van der Waals surface area contributed by atoms with Crippen molar-refractivity contribution in [3.8, 4) is 0 Å². The van der Waals surface area contributed by atoms with Gasteiger partial charge in [-0.3, -0.25) is 11.3 Å². The molecule has 0 aromatic heterocycles. The van der Waals surface area contributed by atoms with Crippen LogP contribution in [0.4, 0.5) is 13.2 Å². The van der Waals surface area contributed by atoms with Gasteiger partial charge in [0, 0.05) is 19.1 Å². The minimum atomic E-state index is -4.36. The average Bonchev–Trinajstić information content (AvgIpc) is 2.35. The highest BCUT2D eigenvalue weighted by Crippen LogP contribution is 2.23. The molecule has 0 bridgehead atoms. The van der Waals surface area contributed by atoms with Crippen LogP contribution in [-0.2, 0) is 14.8 Å². The van der Waals surface area contributed by atoms with E-state index in [1.165, 1.54) is 4.31 Å². The van der Waals surface area contributed by atoms with Gasteiger partial charge in [-0.05, 0) is 25.2 Å². The first-order chi connectivity index (χ1) is 9.62. The quantitative estimate of drug-likeness (QED) is 0.522. The smallest absolute Gasteiger partial charge is 0.370 e. The molecule has 1 heterocycles. The molecule has 21 heavy (non-hydrogen) atoms. The van der Waals surface area contributed by atoms with E-state index < -0.39 is 28.8 Å². The lowest BCUT2D eigenvalue weighted by molar-refractivity contribution is -0.175. The molecule has 2 unspecified atom stereocenters. The Morgan fingerprint density at radius 3 is 2.67 bits per heavy atom. The Labute approximate surface area is 122 Å². The second-order valence-corrected chi connectivity index (χ2v) is 7.34. The number of piperidine rings is 1. The van der Waals surface area contributed by atoms with Crippen LogP contribution in [0.5, 0.6) is 0 Å². The Bertz CT molecular complexity index is 417. The van der Waals surface area contributed by atoms with Crippen LogP contribution in [0.3, 0.4) is 0 Å². The molecule has 0 aromatic carbocycles. The number of nitrogens with one attached hydrogen (secondary N) is 1. The molecule has 6 nitrogen and oxygen atoms in total. The molecule has 2 atom stereocenters. The first kappa shape index (κ1) is 18.6. The van der Waals surface area contributed by atoms with Gasteiger partial charge in [0.25, 0.3) is 0 Å². The number of nitrogens with zero attached hydrogens (tertiary/aromatic N) is 1. The highest BCUT2D eigenvalue weighted by Gasteiger charge is 2.30. The summed E-state index contributed by atoms with van der Waals surface area (Å²) in [7, 11) is -3.24. The second kappa shape index (κ2) is 7.73. The van der Waals surface area contributed by atoms with Gasteiger partial charge in [-0.15, -0.1) is 0 Å². The van der Waals surface area contributed by atoms with Crippen LogP contribution in [-0.4, -0.2) is 57.5 Å². The minimum absolute atomic E-state index is 0.0593. The van der Waals surface area contributed by atoms with E-state index in [4.69, 9.17) is 5.84 Å². The predicted octanol–water partition coefficient (Wildman–Crippen LogP) is 0.459. The largest absolute Gasteiger partial charge is 0.411 e. The van der Waals surface area contributed by atoms with Gasteiger partial charge in [0.1, 0.15) is 6.61 Å². The number of sulfonamides is 1. The van der Waals surface area contributed by atoms with Gasteiger partial charge in [0.15, 0.2) is 0 Å². The molecule has 0 radical (unpaired) electrons. The van der Waals surface area contributed by atoms with E-state index in [1.807, 2.05) is 0 Å². The summed E-state index contributed by atoms with van der Waals surface area (Å²) in [5.41, 5.74) is 2.43. The van der Waals surface area contributed by atoms with Crippen LogP contribution in [0.25, 0.3) is 0 Å². The molecule has 0 saturated carbocycles. The van der Waals surface area contributed by atoms with Gasteiger partial charge in [0.05, 0.1) is 12.9 Å². The normalized spacial score (nSPS) is 23.2. The van der Waals surface area contributed by atoms with Gasteiger partial charge in [-0.25, -0.2) is 12.7 Å². The Morgan fingerprint density at radius 2 is 2.14 bits per heavy atom. The lowest BCUT2D eigenvalue weighted by Crippen LogP contribution is -2.45. The third kappa shape index (κ3) is 7.41. The fraction of sp³-hybridized carbons (Fsp3) is 1.00. The zero-order valence-electron chi connectivity index (χ0n) is 11.9. The molecule has 0 aliphatic carbocycles. The zero-order chi connectivity index (χ0) is 16.1. The summed E-state index contributed by atoms with van der Waals surface area (Å²) in [6.45, 7) is -0.617. The minimum Gasteiger partial charge on any atom is -0.370 e. The van der Waals surface area contributed by atoms with Crippen LogP contribution in [0.1, 0.15) is 19.3 Å². The first-order valence-corrected chi connectivity index (χ1v) is 8.52. The monoisotopic (exact) mass is 333 g/mol. The molecule has 1 aliphatic rings. The molecule has 1 aliphatic heterocycles. The number of nitrogens with two attached hydrogens (primary N) is 1. The highest BCUT2D eigenvalue weighted by atomic mass is 32.2. The van der Waals surface area contributed by atoms with Gasteiger partial charge in [0.2, 0.25) is 10.0 Å². The van der Waals surface area contributed by atoms with E-state index in [9.17, 15) is 21.6 Å². The Hall–Kier alpha value is -0.420. The third-order valence-corrected chi connectivity index (χ3v) is 4.66. The summed E-state index contributed by atoms with van der Waals surface area (Å²) in [6.07, 6.45) is -1.18. The van der Waals surface area contributed by atoms with E-state index in [-0.39, 0.29) is 12.5 Å². The van der Waals surface area contributed by atoms with Crippen LogP contribution < -0.4 is 11.3 Å². The maximum Gasteiger partial charge on any atom is 0.411 e. The van der Waals surface area contributed by atoms with Gasteiger partial charge < -0.3 is 4.74 Å². The third-order valence-electron chi connectivity index (χ3n) is 3.39. The summed E-state index contributed by atoms with van der Waals surface area (Å²) >= 11 is 0. The van der Waals surface area contributed by atoms with Gasteiger partial charge in [-0.2, -0.15) is 13.2 Å². The van der Waals surface area contributed by atoms with Crippen molar-refractivity contribution in [3.05, 3.63) is 0 Å². The van der Waals surface area contributed by atoms with E-state index >= 15 is 0 Å². The molecule has 10 heteroatoms. The van der Waals surface area contributed by atoms with Gasteiger partial charge >= 0.3 is 6.18 Å². The lowest BCUT2D eigenvalue weighted by Gasteiger charge is -2.32. The van der Waals surface area contributed by atoms with Crippen molar-refractivity contribution in [1.82, 2.24) is 9.73 Å². The number of hydrogen-bond donors (Lipinski definition) is 2. The Kier molecular flexibility index (Phi) is 6.85. The molecule has 0 aromatic rings. The Balaban J connectivity index is 2.42. The average molecular weight is 333 g/mol. The summed E-state index contributed by atoms with van der Waals surface area (Å²) in [6, 6.07) is -0.433. The molecule has 126 valence electrons. The number of halogens is 3. The molecule has 1 rings (SSSR count). The number of hydrazine groups is 1. The molecule has 0 amide bonds. The van der Waals surface area contributed by atoms with Crippen molar-refractivity contribution >= 4 is 10.0 Å². The summed E-state index contributed by atoms with van der Waals surface area (Å²) < 4.78 is 65.0. The van der Waals surface area contributed by atoms with Crippen molar-refractivity contribution < 1.29 is 26.3 Å². The zero-order valence-corrected chi connectivity index (χ0v) is 12.7. The Morgan fingerprint density at radius 1 is 1.48 bits per heavy atom. The predicted molar refractivity (Wildman–Crippen MR) is 71.7 cm³/mol. The fourth-order valence-electron chi connectivity index (χ4n) is 2.42. The molecule has 1 saturated heterocycles. The summed E-state index contributed by atoms with van der Waals surface area (Å²) in [5, 5.41) is 0. The van der Waals surface area contributed by atoms with Crippen molar-refractivity contribution in [2.24, 2.45) is 11.8 Å². The maximum atomic E-state index is 12.0. The van der Waals surface area contributed by atoms with Crippen LogP contribution >= 0.6 is 0 Å². The van der Waals surface area contributed by atoms with E-state index in [0.29, 0.717) is 19.5 Å². The highest BCUT2D eigenvalue weighted by molar-refractivity contribution is 7.88. The van der Waals surface area contributed by atoms with Crippen molar-refractivity contribution in [2.75, 3.05) is 32.6 Å². The van der Waals surface area contributed by atoms with E-state index in [1.54, 1.807) is 0 Å². The molecular weight excluding hydrogens is 311 g/mol. The van der Waals surface area contributed by atoms with E-state index in [2.05, 4.69) is 10.2 Å². The van der Waals surface area contributed by atoms with E-state index in [0.717, 1.165) is 19.1 Å². The van der Waals surface area contributed by atoms with Crippen LogP contribution in [0, 0.1) is 5.92 Å². The first-order valence-electron chi connectivity index (χ1n) is 6.67. The molecular formula is C11H22F3N3O3S. The maximum absolute atomic E-state index is 12.0. The fourth-order valence-corrected chi connectivity index (χ4v) is 3.37. The number of rotatable bonds is 7. The topological polar surface area (TPSA) is 84.7 Å². The molecule has 0 spiro atoms. The summed E-state index contributed by atoms with van der Waals surface area (Å²) in [4.78, 5) is 0. The van der Waals surface area contributed by atoms with Crippen molar-refractivity contribution in [2.45, 2.75) is 31.5 Å². The van der Waals surface area contributed by atoms with Crippen LogP contribution in [0.2, 0.25) is 0 Å². The number of alkyl halides is 3. The van der Waals surface area contributed by atoms with Crippen molar-refractivity contribution in [3.63, 3.8) is 0 Å². The van der Waals surface area contributed by atoms with Crippen molar-refractivity contribution in [1.29, 1.82) is 0 Å². The molecule has 3 N–H and O–H groups in total. The van der Waals surface area contributed by atoms with Crippen LogP contribution in [0.15, 0.2) is 0 Å². The number of hydrogen-bond acceptors (Lipinski definition) is 5. The standard InChI is InChI=1S/C11H22F3N3O3S/c1-21(18,19)17-4-2-3-9(6-17)5-10(16-15)7-20-8-11(12,13)14/h9-10,16H,2-8,15H2,1H3. The second-order valence-electron chi connectivity index (χ2n) is 5.36. The van der Waals surface area contributed by atoms with Gasteiger partial charge in [-0.1, -0.05) is 0 Å².